The molecule has 22 heavy (non-hydrogen) atoms. The van der Waals surface area contributed by atoms with Crippen molar-refractivity contribution in [3.63, 3.8) is 0 Å². The van der Waals surface area contributed by atoms with E-state index >= 15 is 0 Å². The molecule has 0 spiro atoms. The number of likely N-dealkylation sites (tertiary alicyclic amines) is 1. The second-order valence-electron chi connectivity index (χ2n) is 7.73. The smallest absolute Gasteiger partial charge is 0.255 e. The topological polar surface area (TPSA) is 25.2 Å². The third-order valence-corrected chi connectivity index (χ3v) is 6.21. The second kappa shape index (κ2) is 5.43. The van der Waals surface area contributed by atoms with Crippen LogP contribution in [0.2, 0.25) is 0 Å². The highest BCUT2D eigenvalue weighted by molar-refractivity contribution is 5.95. The standard InChI is InChI=1S/C19H28N2O/c1-13-11-18(14(2)21(13)17-7-8-17)19(22)20-10-9-15-5-3-4-6-16(15)12-20/h11,15-17H,3-10,12H2,1-2H3/t15-,16+/m1/s1. The van der Waals surface area contributed by atoms with Crippen LogP contribution in [-0.2, 0) is 0 Å². The normalized spacial score (nSPS) is 28.5. The number of piperidine rings is 1. The molecule has 3 heteroatoms. The van der Waals surface area contributed by atoms with E-state index < -0.39 is 0 Å². The predicted molar refractivity (Wildman–Crippen MR) is 88.1 cm³/mol. The fourth-order valence-corrected chi connectivity index (χ4v) is 4.84. The molecule has 3 fully saturated rings. The Morgan fingerprint density at radius 3 is 2.50 bits per heavy atom. The molecule has 4 rings (SSSR count). The quantitative estimate of drug-likeness (QED) is 0.807. The van der Waals surface area contributed by atoms with Gasteiger partial charge in [-0.25, -0.2) is 0 Å². The number of nitrogens with zero attached hydrogens (tertiary/aromatic N) is 2. The van der Waals surface area contributed by atoms with Gasteiger partial charge in [-0.05, 0) is 57.4 Å². The average Bonchev–Trinajstić information content (AvgIpc) is 3.32. The summed E-state index contributed by atoms with van der Waals surface area (Å²) >= 11 is 0. The molecule has 1 saturated heterocycles. The molecule has 1 aromatic rings. The van der Waals surface area contributed by atoms with Gasteiger partial charge in [-0.2, -0.15) is 0 Å². The van der Waals surface area contributed by atoms with Crippen molar-refractivity contribution in [1.29, 1.82) is 0 Å². The fraction of sp³-hybridized carbons (Fsp3) is 0.737. The molecular formula is C19H28N2O. The lowest BCUT2D eigenvalue weighted by Crippen LogP contribution is -2.44. The second-order valence-corrected chi connectivity index (χ2v) is 7.73. The Balaban J connectivity index is 1.53. The molecule has 2 heterocycles. The van der Waals surface area contributed by atoms with Gasteiger partial charge in [-0.15, -0.1) is 0 Å². The summed E-state index contributed by atoms with van der Waals surface area (Å²) in [7, 11) is 0. The molecule has 1 aromatic heterocycles. The van der Waals surface area contributed by atoms with Crippen LogP contribution in [-0.4, -0.2) is 28.5 Å². The first-order chi connectivity index (χ1) is 10.6. The molecule has 3 nitrogen and oxygen atoms in total. The van der Waals surface area contributed by atoms with Crippen LogP contribution in [0.3, 0.4) is 0 Å². The molecule has 0 N–H and O–H groups in total. The van der Waals surface area contributed by atoms with Crippen LogP contribution in [0.5, 0.6) is 0 Å². The SMILES string of the molecule is Cc1cc(C(=O)N2CC[C@H]3CCCC[C@H]3C2)c(C)n1C1CC1. The number of hydrogen-bond acceptors (Lipinski definition) is 1. The van der Waals surface area contributed by atoms with Crippen LogP contribution in [0, 0.1) is 25.7 Å². The summed E-state index contributed by atoms with van der Waals surface area (Å²) in [6.45, 7) is 6.24. The van der Waals surface area contributed by atoms with Crippen molar-refractivity contribution < 1.29 is 4.79 Å². The number of carbonyl (C=O) groups excluding carboxylic acids is 1. The van der Waals surface area contributed by atoms with Crippen molar-refractivity contribution in [3.05, 3.63) is 23.0 Å². The molecule has 2 aliphatic carbocycles. The summed E-state index contributed by atoms with van der Waals surface area (Å²) in [5.41, 5.74) is 3.41. The van der Waals surface area contributed by atoms with E-state index in [0.29, 0.717) is 6.04 Å². The Kier molecular flexibility index (Phi) is 3.54. The van der Waals surface area contributed by atoms with Crippen LogP contribution in [0.4, 0.5) is 0 Å². The third-order valence-electron chi connectivity index (χ3n) is 6.21. The third kappa shape index (κ3) is 2.39. The highest BCUT2D eigenvalue weighted by Crippen LogP contribution is 2.39. The van der Waals surface area contributed by atoms with Gasteiger partial charge in [0, 0.05) is 30.5 Å². The zero-order chi connectivity index (χ0) is 15.3. The maximum atomic E-state index is 13.0. The highest BCUT2D eigenvalue weighted by Gasteiger charge is 2.35. The van der Waals surface area contributed by atoms with Crippen molar-refractivity contribution in [3.8, 4) is 0 Å². The Morgan fingerprint density at radius 2 is 1.77 bits per heavy atom. The Labute approximate surface area is 133 Å². The fourth-order valence-electron chi connectivity index (χ4n) is 4.84. The molecule has 120 valence electrons. The zero-order valence-electron chi connectivity index (χ0n) is 14.0. The van der Waals surface area contributed by atoms with Crippen LogP contribution >= 0.6 is 0 Å². The molecule has 1 amide bonds. The summed E-state index contributed by atoms with van der Waals surface area (Å²) in [5.74, 6) is 1.93. The summed E-state index contributed by atoms with van der Waals surface area (Å²) in [6, 6.07) is 2.79. The van der Waals surface area contributed by atoms with Crippen LogP contribution in [0.25, 0.3) is 0 Å². The number of hydrogen-bond donors (Lipinski definition) is 0. The zero-order valence-corrected chi connectivity index (χ0v) is 14.0. The Hall–Kier alpha value is -1.25. The largest absolute Gasteiger partial charge is 0.345 e. The molecule has 2 atom stereocenters. The molecule has 3 aliphatic rings. The predicted octanol–water partition coefficient (Wildman–Crippen LogP) is 4.09. The van der Waals surface area contributed by atoms with E-state index in [-0.39, 0.29) is 5.91 Å². The minimum atomic E-state index is 0.282. The first-order valence-electron chi connectivity index (χ1n) is 9.13. The number of aromatic nitrogens is 1. The lowest BCUT2D eigenvalue weighted by Gasteiger charge is -2.41. The first-order valence-corrected chi connectivity index (χ1v) is 9.13. The molecular weight excluding hydrogens is 272 g/mol. The minimum Gasteiger partial charge on any atom is -0.345 e. The van der Waals surface area contributed by atoms with Crippen molar-refractivity contribution >= 4 is 5.91 Å². The van der Waals surface area contributed by atoms with Gasteiger partial charge < -0.3 is 9.47 Å². The minimum absolute atomic E-state index is 0.282. The molecule has 0 aromatic carbocycles. The van der Waals surface area contributed by atoms with E-state index in [9.17, 15) is 4.79 Å². The summed E-state index contributed by atoms with van der Waals surface area (Å²) in [5, 5.41) is 0. The van der Waals surface area contributed by atoms with E-state index in [0.717, 1.165) is 30.5 Å². The van der Waals surface area contributed by atoms with Crippen LogP contribution in [0.15, 0.2) is 6.07 Å². The van der Waals surface area contributed by atoms with Crippen molar-refractivity contribution in [2.24, 2.45) is 11.8 Å². The molecule has 0 unspecified atom stereocenters. The number of fused-ring (bicyclic) bond motifs is 1. The van der Waals surface area contributed by atoms with E-state index in [1.165, 1.54) is 56.3 Å². The number of amides is 1. The maximum Gasteiger partial charge on any atom is 0.255 e. The summed E-state index contributed by atoms with van der Waals surface area (Å²) in [6.07, 6.45) is 9.25. The van der Waals surface area contributed by atoms with Crippen molar-refractivity contribution in [2.75, 3.05) is 13.1 Å². The average molecular weight is 300 g/mol. The van der Waals surface area contributed by atoms with Gasteiger partial charge in [0.05, 0.1) is 5.56 Å². The Morgan fingerprint density at radius 1 is 1.05 bits per heavy atom. The Bertz CT molecular complexity index is 585. The van der Waals surface area contributed by atoms with E-state index in [1.807, 2.05) is 0 Å². The van der Waals surface area contributed by atoms with E-state index in [2.05, 4.69) is 29.4 Å². The molecule has 0 bridgehead atoms. The van der Waals surface area contributed by atoms with Gasteiger partial charge in [-0.3, -0.25) is 4.79 Å². The van der Waals surface area contributed by atoms with Gasteiger partial charge in [0.15, 0.2) is 0 Å². The maximum absolute atomic E-state index is 13.0. The first kappa shape index (κ1) is 14.3. The van der Waals surface area contributed by atoms with Crippen LogP contribution in [0.1, 0.15) is 72.7 Å². The number of aryl methyl sites for hydroxylation is 1. The van der Waals surface area contributed by atoms with E-state index in [4.69, 9.17) is 0 Å². The van der Waals surface area contributed by atoms with Gasteiger partial charge in [-0.1, -0.05) is 19.3 Å². The monoisotopic (exact) mass is 300 g/mol. The highest BCUT2D eigenvalue weighted by atomic mass is 16.2. The molecule has 0 radical (unpaired) electrons. The van der Waals surface area contributed by atoms with Gasteiger partial charge in [0.1, 0.15) is 0 Å². The van der Waals surface area contributed by atoms with Crippen molar-refractivity contribution in [2.45, 2.75) is 64.8 Å². The number of carbonyl (C=O) groups is 1. The summed E-state index contributed by atoms with van der Waals surface area (Å²) < 4.78 is 2.39. The lowest BCUT2D eigenvalue weighted by atomic mass is 9.75. The van der Waals surface area contributed by atoms with E-state index in [1.54, 1.807) is 0 Å². The van der Waals surface area contributed by atoms with Gasteiger partial charge in [0.2, 0.25) is 0 Å². The number of rotatable bonds is 2. The summed E-state index contributed by atoms with van der Waals surface area (Å²) in [4.78, 5) is 15.2. The van der Waals surface area contributed by atoms with Gasteiger partial charge >= 0.3 is 0 Å². The van der Waals surface area contributed by atoms with Gasteiger partial charge in [0.25, 0.3) is 5.91 Å². The lowest BCUT2D eigenvalue weighted by molar-refractivity contribution is 0.0520. The molecule has 1 aliphatic heterocycles. The van der Waals surface area contributed by atoms with Crippen molar-refractivity contribution in [1.82, 2.24) is 9.47 Å². The van der Waals surface area contributed by atoms with Crippen LogP contribution < -0.4 is 0 Å². The molecule has 2 saturated carbocycles.